The maximum absolute atomic E-state index is 5.49. The number of hydrogen-bond acceptors (Lipinski definition) is 4. The van der Waals surface area contributed by atoms with Gasteiger partial charge in [0.1, 0.15) is 11.6 Å². The highest BCUT2D eigenvalue weighted by atomic mass is 15.0. The molecule has 3 aromatic rings. The number of nitrogens with zero attached hydrogens (tertiary/aromatic N) is 2. The number of fused-ring (bicyclic) bond motifs is 1. The van der Waals surface area contributed by atoms with Gasteiger partial charge in [-0.1, -0.05) is 30.3 Å². The molecular weight excluding hydrogens is 224 g/mol. The molecule has 0 spiro atoms. The van der Waals surface area contributed by atoms with Gasteiger partial charge in [-0.15, -0.1) is 0 Å². The van der Waals surface area contributed by atoms with E-state index in [1.54, 1.807) is 6.20 Å². The molecule has 4 heteroatoms. The minimum atomic E-state index is 0.416. The van der Waals surface area contributed by atoms with Crippen molar-refractivity contribution in [3.63, 3.8) is 0 Å². The van der Waals surface area contributed by atoms with Gasteiger partial charge in [0.05, 0.1) is 12.4 Å². The summed E-state index contributed by atoms with van der Waals surface area (Å²) in [5, 5.41) is 5.59. The van der Waals surface area contributed by atoms with Crippen LogP contribution in [-0.2, 0) is 0 Å². The molecule has 4 nitrogen and oxygen atoms in total. The second-order valence-corrected chi connectivity index (χ2v) is 4.01. The molecule has 3 N–H and O–H groups in total. The average molecular weight is 236 g/mol. The van der Waals surface area contributed by atoms with Gasteiger partial charge in [-0.05, 0) is 22.9 Å². The highest BCUT2D eigenvalue weighted by molar-refractivity contribution is 5.86. The third kappa shape index (κ3) is 2.08. The number of aromatic nitrogens is 2. The summed E-state index contributed by atoms with van der Waals surface area (Å²) < 4.78 is 0. The van der Waals surface area contributed by atoms with Crippen LogP contribution in [0.2, 0.25) is 0 Å². The van der Waals surface area contributed by atoms with Gasteiger partial charge in [-0.25, -0.2) is 9.97 Å². The lowest BCUT2D eigenvalue weighted by Crippen LogP contribution is -1.96. The van der Waals surface area contributed by atoms with Crippen molar-refractivity contribution >= 4 is 28.1 Å². The number of nitrogen functional groups attached to an aromatic ring is 1. The Morgan fingerprint density at radius 3 is 2.50 bits per heavy atom. The van der Waals surface area contributed by atoms with Crippen LogP contribution in [0.3, 0.4) is 0 Å². The molecule has 0 amide bonds. The lowest BCUT2D eigenvalue weighted by Gasteiger charge is -2.06. The summed E-state index contributed by atoms with van der Waals surface area (Å²) in [6.07, 6.45) is 3.15. The van der Waals surface area contributed by atoms with Crippen LogP contribution in [-0.4, -0.2) is 9.97 Å². The fourth-order valence-electron chi connectivity index (χ4n) is 1.82. The first-order chi connectivity index (χ1) is 8.81. The van der Waals surface area contributed by atoms with E-state index >= 15 is 0 Å². The van der Waals surface area contributed by atoms with E-state index in [2.05, 4.69) is 39.6 Å². The van der Waals surface area contributed by atoms with Crippen LogP contribution in [0, 0.1) is 0 Å². The van der Waals surface area contributed by atoms with Crippen LogP contribution < -0.4 is 11.1 Å². The molecule has 18 heavy (non-hydrogen) atoms. The maximum Gasteiger partial charge on any atom is 0.149 e. The third-order valence-electron chi connectivity index (χ3n) is 2.69. The van der Waals surface area contributed by atoms with Gasteiger partial charge in [0.25, 0.3) is 0 Å². The Morgan fingerprint density at radius 2 is 1.72 bits per heavy atom. The number of hydrogen-bond donors (Lipinski definition) is 2. The third-order valence-corrected chi connectivity index (χ3v) is 2.69. The van der Waals surface area contributed by atoms with Crippen molar-refractivity contribution in [1.29, 1.82) is 0 Å². The molecule has 1 aromatic heterocycles. The minimum absolute atomic E-state index is 0.416. The Morgan fingerprint density at radius 1 is 0.889 bits per heavy atom. The average Bonchev–Trinajstić information content (AvgIpc) is 2.41. The largest absolute Gasteiger partial charge is 0.382 e. The van der Waals surface area contributed by atoms with Crippen LogP contribution in [0.25, 0.3) is 10.8 Å². The Hall–Kier alpha value is -2.62. The minimum Gasteiger partial charge on any atom is -0.382 e. The molecule has 0 bridgehead atoms. The fraction of sp³-hybridized carbons (Fsp3) is 0. The standard InChI is InChI=1S/C14H12N4/c15-13-8-17-14(9-16-13)18-12-6-5-10-3-1-2-4-11(10)7-12/h1-9H,(H2,15,16)(H,17,18). The highest BCUT2D eigenvalue weighted by Crippen LogP contribution is 2.21. The Balaban J connectivity index is 1.92. The summed E-state index contributed by atoms with van der Waals surface area (Å²) in [7, 11) is 0. The first kappa shape index (κ1) is 10.5. The number of anilines is 3. The zero-order chi connectivity index (χ0) is 12.4. The monoisotopic (exact) mass is 236 g/mol. The molecule has 0 aliphatic heterocycles. The molecule has 0 atom stereocenters. The van der Waals surface area contributed by atoms with E-state index in [0.717, 1.165) is 5.69 Å². The van der Waals surface area contributed by atoms with Gasteiger partial charge in [0, 0.05) is 5.69 Å². The van der Waals surface area contributed by atoms with E-state index in [9.17, 15) is 0 Å². The first-order valence-electron chi connectivity index (χ1n) is 5.65. The van der Waals surface area contributed by atoms with Crippen LogP contribution in [0.1, 0.15) is 0 Å². The SMILES string of the molecule is Nc1cnc(Nc2ccc3ccccc3c2)cn1. The summed E-state index contributed by atoms with van der Waals surface area (Å²) in [6.45, 7) is 0. The van der Waals surface area contributed by atoms with Gasteiger partial charge in [0.15, 0.2) is 0 Å². The Bertz CT molecular complexity index is 677. The molecule has 0 saturated heterocycles. The van der Waals surface area contributed by atoms with Gasteiger partial charge < -0.3 is 11.1 Å². The first-order valence-corrected chi connectivity index (χ1v) is 5.65. The van der Waals surface area contributed by atoms with E-state index in [-0.39, 0.29) is 0 Å². The number of benzene rings is 2. The molecule has 1 heterocycles. The van der Waals surface area contributed by atoms with E-state index in [0.29, 0.717) is 11.6 Å². The van der Waals surface area contributed by atoms with Gasteiger partial charge in [-0.2, -0.15) is 0 Å². The van der Waals surface area contributed by atoms with Gasteiger partial charge in [0.2, 0.25) is 0 Å². The molecule has 88 valence electrons. The summed E-state index contributed by atoms with van der Waals surface area (Å²) in [5.41, 5.74) is 6.47. The zero-order valence-electron chi connectivity index (χ0n) is 9.67. The van der Waals surface area contributed by atoms with E-state index in [1.807, 2.05) is 18.2 Å². The number of nitrogens with one attached hydrogen (secondary N) is 1. The zero-order valence-corrected chi connectivity index (χ0v) is 9.67. The van der Waals surface area contributed by atoms with Crippen molar-refractivity contribution in [2.45, 2.75) is 0 Å². The van der Waals surface area contributed by atoms with Crippen LogP contribution in [0.4, 0.5) is 17.3 Å². The molecule has 0 fully saturated rings. The van der Waals surface area contributed by atoms with Crippen LogP contribution in [0.15, 0.2) is 54.9 Å². The topological polar surface area (TPSA) is 63.8 Å². The van der Waals surface area contributed by atoms with E-state index in [4.69, 9.17) is 5.73 Å². The lowest BCUT2D eigenvalue weighted by atomic mass is 10.1. The Kier molecular flexibility index (Phi) is 2.53. The number of rotatable bonds is 2. The molecule has 2 aromatic carbocycles. The van der Waals surface area contributed by atoms with Crippen molar-refractivity contribution < 1.29 is 0 Å². The van der Waals surface area contributed by atoms with Crippen molar-refractivity contribution in [3.05, 3.63) is 54.9 Å². The predicted octanol–water partition coefficient (Wildman–Crippen LogP) is 2.96. The van der Waals surface area contributed by atoms with Crippen molar-refractivity contribution in [2.75, 3.05) is 11.1 Å². The maximum atomic E-state index is 5.49. The lowest BCUT2D eigenvalue weighted by molar-refractivity contribution is 1.21. The van der Waals surface area contributed by atoms with Crippen LogP contribution in [0.5, 0.6) is 0 Å². The van der Waals surface area contributed by atoms with Crippen molar-refractivity contribution in [2.24, 2.45) is 0 Å². The van der Waals surface area contributed by atoms with Crippen LogP contribution >= 0.6 is 0 Å². The Labute approximate surface area is 104 Å². The molecule has 0 saturated carbocycles. The van der Waals surface area contributed by atoms with Crippen molar-refractivity contribution in [1.82, 2.24) is 9.97 Å². The quantitative estimate of drug-likeness (QED) is 0.718. The predicted molar refractivity (Wildman–Crippen MR) is 73.7 cm³/mol. The molecule has 0 aliphatic carbocycles. The number of nitrogens with two attached hydrogens (primary N) is 1. The smallest absolute Gasteiger partial charge is 0.149 e. The van der Waals surface area contributed by atoms with Crippen molar-refractivity contribution in [3.8, 4) is 0 Å². The van der Waals surface area contributed by atoms with E-state index in [1.165, 1.54) is 17.0 Å². The fourth-order valence-corrected chi connectivity index (χ4v) is 1.82. The molecule has 3 rings (SSSR count). The summed E-state index contributed by atoms with van der Waals surface area (Å²) in [6, 6.07) is 14.4. The van der Waals surface area contributed by atoms with Gasteiger partial charge in [-0.3, -0.25) is 0 Å². The normalized spacial score (nSPS) is 10.4. The second kappa shape index (κ2) is 4.33. The molecule has 0 aliphatic rings. The molecule has 0 radical (unpaired) electrons. The second-order valence-electron chi connectivity index (χ2n) is 4.01. The molecular formula is C14H12N4. The highest BCUT2D eigenvalue weighted by Gasteiger charge is 1.98. The molecule has 0 unspecified atom stereocenters. The summed E-state index contributed by atoms with van der Waals surface area (Å²) in [5.74, 6) is 1.10. The summed E-state index contributed by atoms with van der Waals surface area (Å²) in [4.78, 5) is 8.15. The van der Waals surface area contributed by atoms with E-state index < -0.39 is 0 Å². The summed E-state index contributed by atoms with van der Waals surface area (Å²) >= 11 is 0. The van der Waals surface area contributed by atoms with Gasteiger partial charge >= 0.3 is 0 Å².